The highest BCUT2D eigenvalue weighted by molar-refractivity contribution is 5.89. The zero-order valence-corrected chi connectivity index (χ0v) is 15.5. The number of carbonyl (C=O) groups is 1. The largest absolute Gasteiger partial charge is 0.447 e. The first-order valence-electron chi connectivity index (χ1n) is 9.03. The summed E-state index contributed by atoms with van der Waals surface area (Å²) in [7, 11) is 0. The van der Waals surface area contributed by atoms with Crippen molar-refractivity contribution >= 4 is 28.9 Å². The van der Waals surface area contributed by atoms with Gasteiger partial charge in [-0.15, -0.1) is 0 Å². The minimum atomic E-state index is -0.372. The van der Waals surface area contributed by atoms with Crippen LogP contribution in [0, 0.1) is 5.92 Å². The summed E-state index contributed by atoms with van der Waals surface area (Å²) in [5.41, 5.74) is 1.89. The Morgan fingerprint density at radius 3 is 2.81 bits per heavy atom. The minimum Gasteiger partial charge on any atom is -0.447 e. The lowest BCUT2D eigenvalue weighted by atomic mass is 10.0. The number of aromatic nitrogens is 4. The summed E-state index contributed by atoms with van der Waals surface area (Å²) in [6.07, 6.45) is 1.27. The second-order valence-electron chi connectivity index (χ2n) is 7.00. The Hall–Kier alpha value is -3.16. The van der Waals surface area contributed by atoms with Crippen LogP contribution in [0.3, 0.4) is 0 Å². The third-order valence-corrected chi connectivity index (χ3v) is 4.73. The molecule has 8 nitrogen and oxygen atoms in total. The van der Waals surface area contributed by atoms with E-state index in [0.717, 1.165) is 16.9 Å². The Labute approximate surface area is 157 Å². The van der Waals surface area contributed by atoms with Crippen LogP contribution in [-0.2, 0) is 4.74 Å². The molecule has 0 unspecified atom stereocenters. The summed E-state index contributed by atoms with van der Waals surface area (Å²) in [4.78, 5) is 30.5. The number of anilines is 2. The smallest absolute Gasteiger partial charge is 0.415 e. The van der Waals surface area contributed by atoms with E-state index in [2.05, 4.69) is 39.1 Å². The first-order chi connectivity index (χ1) is 13.0. The summed E-state index contributed by atoms with van der Waals surface area (Å²) in [5, 5.41) is 3.25. The summed E-state index contributed by atoms with van der Waals surface area (Å²) in [5.74, 6) is 2.02. The molecular weight excluding hydrogens is 344 g/mol. The normalized spacial score (nSPS) is 18.1. The van der Waals surface area contributed by atoms with E-state index in [4.69, 9.17) is 4.74 Å². The molecule has 2 atom stereocenters. The van der Waals surface area contributed by atoms with Gasteiger partial charge in [0.05, 0.1) is 23.1 Å². The maximum atomic E-state index is 12.2. The molecule has 2 N–H and O–H groups in total. The van der Waals surface area contributed by atoms with Gasteiger partial charge in [-0.05, 0) is 31.0 Å². The van der Waals surface area contributed by atoms with Gasteiger partial charge < -0.3 is 15.0 Å². The number of imidazole rings is 1. The highest BCUT2D eigenvalue weighted by Gasteiger charge is 2.37. The van der Waals surface area contributed by atoms with Crippen molar-refractivity contribution in [3.63, 3.8) is 0 Å². The van der Waals surface area contributed by atoms with E-state index in [1.807, 2.05) is 31.2 Å². The minimum absolute atomic E-state index is 0.0342. The maximum Gasteiger partial charge on any atom is 0.415 e. The van der Waals surface area contributed by atoms with Gasteiger partial charge in [-0.3, -0.25) is 4.90 Å². The molecule has 0 aliphatic carbocycles. The highest BCUT2D eigenvalue weighted by atomic mass is 16.6. The molecule has 1 saturated heterocycles. The Bertz CT molecular complexity index is 936. The van der Waals surface area contributed by atoms with Crippen molar-refractivity contribution < 1.29 is 9.53 Å². The molecule has 1 fully saturated rings. The average molecular weight is 366 g/mol. The van der Waals surface area contributed by atoms with Crippen molar-refractivity contribution in [2.24, 2.45) is 5.92 Å². The first-order valence-corrected chi connectivity index (χ1v) is 9.03. The van der Waals surface area contributed by atoms with Gasteiger partial charge in [-0.2, -0.15) is 4.98 Å². The Kier molecular flexibility index (Phi) is 4.39. The van der Waals surface area contributed by atoms with Crippen LogP contribution in [-0.4, -0.2) is 38.7 Å². The van der Waals surface area contributed by atoms with E-state index in [-0.39, 0.29) is 24.1 Å². The predicted molar refractivity (Wildman–Crippen MR) is 103 cm³/mol. The molecule has 4 rings (SSSR count). The number of aromatic amines is 1. The Morgan fingerprint density at radius 2 is 2.04 bits per heavy atom. The lowest BCUT2D eigenvalue weighted by Crippen LogP contribution is -2.37. The van der Waals surface area contributed by atoms with Crippen LogP contribution in [0.15, 0.2) is 36.5 Å². The van der Waals surface area contributed by atoms with E-state index in [9.17, 15) is 4.79 Å². The van der Waals surface area contributed by atoms with Gasteiger partial charge in [-0.1, -0.05) is 26.0 Å². The predicted octanol–water partition coefficient (Wildman–Crippen LogP) is 3.51. The lowest BCUT2D eigenvalue weighted by molar-refractivity contribution is 0.177. The number of rotatable bonds is 5. The van der Waals surface area contributed by atoms with Gasteiger partial charge in [0, 0.05) is 6.20 Å². The summed E-state index contributed by atoms with van der Waals surface area (Å²) < 4.78 is 5.21. The number of fused-ring (bicyclic) bond motifs is 1. The summed E-state index contributed by atoms with van der Waals surface area (Å²) >= 11 is 0. The monoisotopic (exact) mass is 366 g/mol. The van der Waals surface area contributed by atoms with Gasteiger partial charge in [-0.25, -0.2) is 14.8 Å². The molecule has 1 aliphatic heterocycles. The van der Waals surface area contributed by atoms with Crippen molar-refractivity contribution in [1.82, 2.24) is 19.9 Å². The molecular formula is C19H22N6O2. The van der Waals surface area contributed by atoms with Crippen molar-refractivity contribution in [2.75, 3.05) is 16.8 Å². The van der Waals surface area contributed by atoms with Gasteiger partial charge in [0.2, 0.25) is 5.95 Å². The fourth-order valence-corrected chi connectivity index (χ4v) is 3.18. The molecule has 3 heterocycles. The van der Waals surface area contributed by atoms with E-state index < -0.39 is 0 Å². The van der Waals surface area contributed by atoms with E-state index in [1.54, 1.807) is 17.2 Å². The van der Waals surface area contributed by atoms with E-state index in [1.165, 1.54) is 0 Å². The van der Waals surface area contributed by atoms with Crippen LogP contribution in [0.4, 0.5) is 16.6 Å². The van der Waals surface area contributed by atoms with E-state index >= 15 is 0 Å². The molecule has 140 valence electrons. The lowest BCUT2D eigenvalue weighted by Gasteiger charge is -2.23. The summed E-state index contributed by atoms with van der Waals surface area (Å²) in [6, 6.07) is 9.43. The van der Waals surface area contributed by atoms with Crippen LogP contribution >= 0.6 is 0 Å². The Morgan fingerprint density at radius 1 is 1.22 bits per heavy atom. The number of nitrogens with one attached hydrogen (secondary N) is 2. The molecule has 0 saturated carbocycles. The topological polar surface area (TPSA) is 96.0 Å². The second kappa shape index (κ2) is 6.86. The molecule has 27 heavy (non-hydrogen) atoms. The number of hydrogen-bond donors (Lipinski definition) is 2. The molecule has 0 bridgehead atoms. The number of para-hydroxylation sites is 2. The van der Waals surface area contributed by atoms with E-state index in [0.29, 0.717) is 18.4 Å². The maximum absolute atomic E-state index is 12.2. The fourth-order valence-electron chi connectivity index (χ4n) is 3.18. The van der Waals surface area contributed by atoms with Crippen LogP contribution in [0.5, 0.6) is 0 Å². The number of amides is 1. The fraction of sp³-hybridized carbons (Fsp3) is 0.368. The molecule has 0 radical (unpaired) electrons. The van der Waals surface area contributed by atoms with Crippen LogP contribution < -0.4 is 10.2 Å². The Balaban J connectivity index is 1.56. The average Bonchev–Trinajstić information content (AvgIpc) is 3.25. The number of H-pyrrole nitrogens is 1. The highest BCUT2D eigenvalue weighted by Crippen LogP contribution is 2.26. The molecule has 2 aromatic heterocycles. The molecule has 0 spiro atoms. The van der Waals surface area contributed by atoms with Crippen molar-refractivity contribution in [2.45, 2.75) is 32.9 Å². The number of carbonyl (C=O) groups excluding carboxylic acids is 1. The van der Waals surface area contributed by atoms with Crippen molar-refractivity contribution in [3.05, 3.63) is 42.4 Å². The molecule has 1 aromatic carbocycles. The number of ether oxygens (including phenoxy) is 1. The number of hydrogen-bond acceptors (Lipinski definition) is 6. The molecule has 1 aliphatic rings. The van der Waals surface area contributed by atoms with Crippen LogP contribution in [0.25, 0.3) is 11.0 Å². The number of benzene rings is 1. The summed E-state index contributed by atoms with van der Waals surface area (Å²) in [6.45, 7) is 6.47. The van der Waals surface area contributed by atoms with Gasteiger partial charge in [0.1, 0.15) is 18.2 Å². The van der Waals surface area contributed by atoms with Gasteiger partial charge >= 0.3 is 6.09 Å². The first kappa shape index (κ1) is 17.3. The number of nitrogens with zero attached hydrogens (tertiary/aromatic N) is 4. The van der Waals surface area contributed by atoms with Gasteiger partial charge in [0.15, 0.2) is 0 Å². The molecule has 8 heteroatoms. The standard InChI is InChI=1S/C19H22N6O2/c1-11(2)15-10-27-19(26)25(15)16-8-9-20-18(24-16)21-12(3)17-22-13-6-4-5-7-14(13)23-17/h4-9,11-12,15H,10H2,1-3H3,(H,22,23)(H,20,21,24)/t12-,15+/m0/s1. The third-order valence-electron chi connectivity index (χ3n) is 4.73. The third kappa shape index (κ3) is 3.30. The van der Waals surface area contributed by atoms with Gasteiger partial charge in [0.25, 0.3) is 0 Å². The molecule has 3 aromatic rings. The van der Waals surface area contributed by atoms with Crippen LogP contribution in [0.1, 0.15) is 32.6 Å². The zero-order chi connectivity index (χ0) is 19.0. The quantitative estimate of drug-likeness (QED) is 0.717. The second-order valence-corrected chi connectivity index (χ2v) is 7.00. The number of cyclic esters (lactones) is 1. The van der Waals surface area contributed by atoms with Crippen LogP contribution in [0.2, 0.25) is 0 Å². The molecule has 1 amide bonds. The zero-order valence-electron chi connectivity index (χ0n) is 15.5. The van der Waals surface area contributed by atoms with Crippen molar-refractivity contribution in [3.8, 4) is 0 Å². The SMILES string of the molecule is CC(C)[C@H]1COC(=O)N1c1ccnc(N[C@@H](C)c2nc3ccccc3[nH]2)n1. The van der Waals surface area contributed by atoms with Crippen molar-refractivity contribution in [1.29, 1.82) is 0 Å².